The number of hydrogen-bond acceptors (Lipinski definition) is 5. The lowest BCUT2D eigenvalue weighted by Crippen LogP contribution is -2.09. The van der Waals surface area contributed by atoms with E-state index in [0.29, 0.717) is 5.88 Å². The first-order valence-electron chi connectivity index (χ1n) is 6.76. The van der Waals surface area contributed by atoms with Crippen LogP contribution >= 0.6 is 11.6 Å². The van der Waals surface area contributed by atoms with Gasteiger partial charge in [-0.1, -0.05) is 12.1 Å². The first-order chi connectivity index (χ1) is 10.9. The zero-order chi connectivity index (χ0) is 16.9. The zero-order valence-corrected chi connectivity index (χ0v) is 13.6. The maximum atomic E-state index is 12.2. The molecule has 0 saturated heterocycles. The number of aryl methyl sites for hydroxylation is 1. The van der Waals surface area contributed by atoms with E-state index in [-0.39, 0.29) is 16.3 Å². The van der Waals surface area contributed by atoms with Crippen LogP contribution in [0.25, 0.3) is 0 Å². The van der Waals surface area contributed by atoms with Crippen LogP contribution in [0, 0.1) is 10.1 Å². The van der Waals surface area contributed by atoms with Crippen molar-refractivity contribution in [2.45, 2.75) is 17.7 Å². The number of nitro benzene ring substituents is 1. The Balaban J connectivity index is 2.13. The normalized spacial score (nSPS) is 11.2. The van der Waals surface area contributed by atoms with Crippen LogP contribution < -0.4 is 4.18 Å². The molecule has 0 fully saturated rings. The average molecular weight is 356 g/mol. The largest absolute Gasteiger partial charge is 0.379 e. The summed E-state index contributed by atoms with van der Waals surface area (Å²) in [6.07, 6.45) is 1.58. The highest BCUT2D eigenvalue weighted by Crippen LogP contribution is 2.22. The Labute approximate surface area is 138 Å². The van der Waals surface area contributed by atoms with Crippen molar-refractivity contribution < 1.29 is 17.5 Å². The third-order valence-electron chi connectivity index (χ3n) is 3.06. The fourth-order valence-electron chi connectivity index (χ4n) is 1.89. The van der Waals surface area contributed by atoms with Gasteiger partial charge in [0.25, 0.3) is 5.69 Å². The van der Waals surface area contributed by atoms with Crippen molar-refractivity contribution in [3.8, 4) is 5.75 Å². The summed E-state index contributed by atoms with van der Waals surface area (Å²) >= 11 is 5.62. The summed E-state index contributed by atoms with van der Waals surface area (Å²) in [5.74, 6) is 0.561. The van der Waals surface area contributed by atoms with Crippen molar-refractivity contribution in [3.63, 3.8) is 0 Å². The van der Waals surface area contributed by atoms with Gasteiger partial charge >= 0.3 is 10.1 Å². The minimum absolute atomic E-state index is 0.0156. The van der Waals surface area contributed by atoms with Crippen LogP contribution in [0.2, 0.25) is 0 Å². The number of halogens is 1. The van der Waals surface area contributed by atoms with E-state index in [9.17, 15) is 18.5 Å². The molecule has 0 saturated carbocycles. The maximum absolute atomic E-state index is 12.2. The van der Waals surface area contributed by atoms with Crippen LogP contribution in [0.15, 0.2) is 53.4 Å². The number of nitro groups is 1. The van der Waals surface area contributed by atoms with E-state index < -0.39 is 15.0 Å². The highest BCUT2D eigenvalue weighted by molar-refractivity contribution is 7.87. The van der Waals surface area contributed by atoms with Gasteiger partial charge in [0.05, 0.1) is 4.92 Å². The molecule has 0 amide bonds. The van der Waals surface area contributed by atoms with Crippen molar-refractivity contribution in [2.24, 2.45) is 0 Å². The Morgan fingerprint density at radius 3 is 2.17 bits per heavy atom. The van der Waals surface area contributed by atoms with E-state index in [4.69, 9.17) is 15.8 Å². The topological polar surface area (TPSA) is 86.5 Å². The summed E-state index contributed by atoms with van der Waals surface area (Å²) in [5, 5.41) is 10.6. The Morgan fingerprint density at radius 2 is 1.65 bits per heavy atom. The predicted molar refractivity (Wildman–Crippen MR) is 86.4 cm³/mol. The van der Waals surface area contributed by atoms with Gasteiger partial charge in [-0.2, -0.15) is 8.42 Å². The Morgan fingerprint density at radius 1 is 1.04 bits per heavy atom. The van der Waals surface area contributed by atoms with Crippen molar-refractivity contribution in [2.75, 3.05) is 5.88 Å². The lowest BCUT2D eigenvalue weighted by atomic mass is 10.1. The SMILES string of the molecule is O=[N+]([O-])c1ccc(OS(=O)(=O)c2ccc(CCCCl)cc2)cc1. The molecule has 8 heteroatoms. The summed E-state index contributed by atoms with van der Waals surface area (Å²) in [5.41, 5.74) is 0.846. The van der Waals surface area contributed by atoms with E-state index in [0.717, 1.165) is 18.4 Å². The van der Waals surface area contributed by atoms with E-state index in [2.05, 4.69) is 0 Å². The molecule has 0 unspecified atom stereocenters. The molecule has 0 aliphatic heterocycles. The molecular weight excluding hydrogens is 342 g/mol. The van der Waals surface area contributed by atoms with Gasteiger partial charge in [0.15, 0.2) is 0 Å². The van der Waals surface area contributed by atoms with Crippen molar-refractivity contribution >= 4 is 27.4 Å². The minimum Gasteiger partial charge on any atom is -0.379 e. The van der Waals surface area contributed by atoms with Gasteiger partial charge in [0.1, 0.15) is 10.6 Å². The lowest BCUT2D eigenvalue weighted by molar-refractivity contribution is -0.384. The monoisotopic (exact) mass is 355 g/mol. The summed E-state index contributed by atoms with van der Waals surface area (Å²) < 4.78 is 29.3. The number of non-ortho nitro benzene ring substituents is 1. The van der Waals surface area contributed by atoms with Crippen molar-refractivity contribution in [1.82, 2.24) is 0 Å². The number of nitrogens with zero attached hydrogens (tertiary/aromatic N) is 1. The van der Waals surface area contributed by atoms with E-state index in [1.807, 2.05) is 0 Å². The molecular formula is C15H14ClNO5S. The highest BCUT2D eigenvalue weighted by Gasteiger charge is 2.17. The molecule has 2 rings (SSSR count). The highest BCUT2D eigenvalue weighted by atomic mass is 35.5. The zero-order valence-electron chi connectivity index (χ0n) is 12.0. The summed E-state index contributed by atoms with van der Waals surface area (Å²) in [6, 6.07) is 11.2. The Kier molecular flexibility index (Phi) is 5.57. The van der Waals surface area contributed by atoms with E-state index in [1.165, 1.54) is 36.4 Å². The van der Waals surface area contributed by atoms with Crippen LogP contribution in [0.1, 0.15) is 12.0 Å². The first-order valence-corrected chi connectivity index (χ1v) is 8.70. The third kappa shape index (κ3) is 4.67. The van der Waals surface area contributed by atoms with Gasteiger partial charge in [-0.15, -0.1) is 11.6 Å². The van der Waals surface area contributed by atoms with Gasteiger partial charge < -0.3 is 4.18 Å². The number of benzene rings is 2. The van der Waals surface area contributed by atoms with E-state index >= 15 is 0 Å². The molecule has 2 aromatic rings. The fourth-order valence-corrected chi connectivity index (χ4v) is 2.96. The minimum atomic E-state index is -3.98. The number of hydrogen-bond donors (Lipinski definition) is 0. The molecule has 0 N–H and O–H groups in total. The summed E-state index contributed by atoms with van der Waals surface area (Å²) in [7, 11) is -3.98. The van der Waals surface area contributed by atoms with Crippen LogP contribution in [0.3, 0.4) is 0 Å². The standard InChI is InChI=1S/C15H14ClNO5S/c16-11-1-2-12-3-9-15(10-4-12)23(20,21)22-14-7-5-13(6-8-14)17(18)19/h3-10H,1-2,11H2. The van der Waals surface area contributed by atoms with Crippen LogP contribution in [-0.2, 0) is 16.5 Å². The Hall–Kier alpha value is -2.12. The number of rotatable bonds is 7. The second-order valence-electron chi connectivity index (χ2n) is 4.72. The summed E-state index contributed by atoms with van der Waals surface area (Å²) in [6.45, 7) is 0. The van der Waals surface area contributed by atoms with Crippen molar-refractivity contribution in [3.05, 3.63) is 64.2 Å². The molecule has 0 atom stereocenters. The van der Waals surface area contributed by atoms with Gasteiger partial charge in [-0.3, -0.25) is 10.1 Å². The van der Waals surface area contributed by atoms with E-state index in [1.54, 1.807) is 12.1 Å². The third-order valence-corrected chi connectivity index (χ3v) is 4.59. The molecule has 0 spiro atoms. The van der Waals surface area contributed by atoms with Crippen LogP contribution in [0.4, 0.5) is 5.69 Å². The van der Waals surface area contributed by atoms with Gasteiger partial charge in [-0.25, -0.2) is 0 Å². The molecule has 122 valence electrons. The molecule has 0 aliphatic rings. The summed E-state index contributed by atoms with van der Waals surface area (Å²) in [4.78, 5) is 10.0. The second-order valence-corrected chi connectivity index (χ2v) is 6.65. The molecule has 6 nitrogen and oxygen atoms in total. The molecule has 0 aromatic heterocycles. The van der Waals surface area contributed by atoms with Gasteiger partial charge in [0, 0.05) is 18.0 Å². The lowest BCUT2D eigenvalue weighted by Gasteiger charge is -2.07. The molecule has 0 radical (unpaired) electrons. The predicted octanol–water partition coefficient (Wildman–Crippen LogP) is 3.53. The Bertz CT molecular complexity index is 773. The molecule has 23 heavy (non-hydrogen) atoms. The van der Waals surface area contributed by atoms with Gasteiger partial charge in [0.2, 0.25) is 0 Å². The first kappa shape index (κ1) is 17.2. The maximum Gasteiger partial charge on any atom is 0.339 e. The fraction of sp³-hybridized carbons (Fsp3) is 0.200. The number of alkyl halides is 1. The quantitative estimate of drug-likeness (QED) is 0.328. The van der Waals surface area contributed by atoms with Crippen molar-refractivity contribution in [1.29, 1.82) is 0 Å². The molecule has 0 aliphatic carbocycles. The molecule has 2 aromatic carbocycles. The second kappa shape index (κ2) is 7.43. The van der Waals surface area contributed by atoms with Gasteiger partial charge in [-0.05, 0) is 42.7 Å². The molecule has 0 heterocycles. The average Bonchev–Trinajstić information content (AvgIpc) is 2.53. The molecule has 0 bridgehead atoms. The smallest absolute Gasteiger partial charge is 0.339 e. The van der Waals surface area contributed by atoms with Crippen LogP contribution in [-0.4, -0.2) is 19.2 Å². The van der Waals surface area contributed by atoms with Crippen LogP contribution in [0.5, 0.6) is 5.75 Å².